The molecule has 2 N–H and O–H groups in total. The Morgan fingerprint density at radius 3 is 2.47 bits per heavy atom. The molecule has 2 atom stereocenters. The molecule has 2 aromatic rings. The molecule has 1 aliphatic rings. The van der Waals surface area contributed by atoms with Gasteiger partial charge in [-0.05, 0) is 50.1 Å². The van der Waals surface area contributed by atoms with Crippen LogP contribution in [0.15, 0.2) is 35.5 Å². The van der Waals surface area contributed by atoms with Crippen LogP contribution in [0.2, 0.25) is 0 Å². The number of ketones is 1. The molecule has 1 aliphatic heterocycles. The maximum atomic E-state index is 14.9. The van der Waals surface area contributed by atoms with Crippen LogP contribution >= 0.6 is 0 Å². The number of pyridine rings is 1. The van der Waals surface area contributed by atoms with Crippen molar-refractivity contribution >= 4 is 11.6 Å². The molecule has 0 saturated heterocycles. The Kier molecular flexibility index (Phi) is 5.20. The van der Waals surface area contributed by atoms with E-state index in [2.05, 4.69) is 9.98 Å². The highest BCUT2D eigenvalue weighted by Gasteiger charge is 2.60. The third kappa shape index (κ3) is 3.68. The first-order valence-electron chi connectivity index (χ1n) is 9.14. The van der Waals surface area contributed by atoms with Crippen molar-refractivity contribution in [3.8, 4) is 0 Å². The second kappa shape index (κ2) is 7.14. The zero-order valence-electron chi connectivity index (χ0n) is 16.6. The van der Waals surface area contributed by atoms with Gasteiger partial charge in [0.25, 0.3) is 5.92 Å². The number of hydrogen-bond donors (Lipinski definition) is 1. The van der Waals surface area contributed by atoms with Crippen molar-refractivity contribution < 1.29 is 26.7 Å². The number of rotatable bonds is 4. The lowest BCUT2D eigenvalue weighted by atomic mass is 9.77. The summed E-state index contributed by atoms with van der Waals surface area (Å²) in [5, 5.41) is 0. The number of aryl methyl sites for hydroxylation is 1. The van der Waals surface area contributed by atoms with E-state index in [1.165, 1.54) is 13.0 Å². The largest absolute Gasteiger partial charge is 0.385 e. The van der Waals surface area contributed by atoms with Gasteiger partial charge < -0.3 is 5.73 Å². The van der Waals surface area contributed by atoms with Gasteiger partial charge in [0.15, 0.2) is 17.0 Å². The summed E-state index contributed by atoms with van der Waals surface area (Å²) < 4.78 is 71.8. The minimum Gasteiger partial charge on any atom is -0.385 e. The molecular weight excluding hydrogens is 405 g/mol. The third-order valence-corrected chi connectivity index (χ3v) is 5.37. The molecule has 0 spiro atoms. The van der Waals surface area contributed by atoms with E-state index < -0.39 is 52.4 Å². The number of Topliss-reactive ketones (excluding diaryl/α,β-unsaturated/α-hetero) is 1. The second-order valence-electron chi connectivity index (χ2n) is 7.88. The molecule has 2 heterocycles. The van der Waals surface area contributed by atoms with Crippen LogP contribution in [0.3, 0.4) is 0 Å². The number of hydrogen-bond acceptors (Lipinski definition) is 4. The van der Waals surface area contributed by atoms with Crippen LogP contribution < -0.4 is 5.73 Å². The van der Waals surface area contributed by atoms with Gasteiger partial charge in [0, 0.05) is 12.0 Å². The molecule has 160 valence electrons. The maximum absolute atomic E-state index is 14.9. The molecule has 0 unspecified atom stereocenters. The minimum absolute atomic E-state index is 0.0203. The van der Waals surface area contributed by atoms with Crippen molar-refractivity contribution in [2.24, 2.45) is 10.7 Å². The number of aromatic nitrogens is 1. The highest BCUT2D eigenvalue weighted by Crippen LogP contribution is 2.50. The van der Waals surface area contributed by atoms with Gasteiger partial charge in [-0.2, -0.15) is 0 Å². The fraction of sp³-hybridized carbons (Fsp3) is 0.381. The zero-order chi connectivity index (χ0) is 22.5. The van der Waals surface area contributed by atoms with E-state index in [9.17, 15) is 26.7 Å². The summed E-state index contributed by atoms with van der Waals surface area (Å²) in [7, 11) is 0. The highest BCUT2D eigenvalue weighted by atomic mass is 19.3. The lowest BCUT2D eigenvalue weighted by molar-refractivity contribution is -0.106. The summed E-state index contributed by atoms with van der Waals surface area (Å²) in [6.07, 6.45) is -0.646. The topological polar surface area (TPSA) is 68.3 Å². The van der Waals surface area contributed by atoms with E-state index in [1.54, 1.807) is 0 Å². The van der Waals surface area contributed by atoms with E-state index in [0.29, 0.717) is 5.56 Å². The van der Waals surface area contributed by atoms with Gasteiger partial charge >= 0.3 is 0 Å². The molecule has 0 saturated carbocycles. The number of carbonyl (C=O) groups is 1. The Morgan fingerprint density at radius 1 is 1.17 bits per heavy atom. The number of amidine groups is 1. The third-order valence-electron chi connectivity index (χ3n) is 5.37. The average molecular weight is 425 g/mol. The van der Waals surface area contributed by atoms with Crippen LogP contribution in [0, 0.1) is 18.6 Å². The van der Waals surface area contributed by atoms with Gasteiger partial charge in [-0.3, -0.25) is 9.79 Å². The number of alkyl halides is 3. The zero-order valence-corrected chi connectivity index (χ0v) is 16.6. The molecule has 0 aliphatic carbocycles. The number of carbonyl (C=O) groups excluding carboxylic acids is 1. The molecule has 3 rings (SSSR count). The summed E-state index contributed by atoms with van der Waals surface area (Å²) in [5.74, 6) is -6.47. The molecule has 9 heteroatoms. The van der Waals surface area contributed by atoms with E-state index in [0.717, 1.165) is 38.2 Å². The maximum Gasteiger partial charge on any atom is 0.280 e. The van der Waals surface area contributed by atoms with E-state index >= 15 is 0 Å². The minimum atomic E-state index is -3.74. The van der Waals surface area contributed by atoms with Crippen molar-refractivity contribution in [2.45, 2.75) is 50.7 Å². The van der Waals surface area contributed by atoms with Crippen LogP contribution in [0.5, 0.6) is 0 Å². The van der Waals surface area contributed by atoms with Gasteiger partial charge in [0.05, 0.1) is 12.6 Å². The van der Waals surface area contributed by atoms with Crippen molar-refractivity contribution in [3.05, 3.63) is 64.5 Å². The molecule has 0 amide bonds. The Labute approximate surface area is 170 Å². The first-order valence-corrected chi connectivity index (χ1v) is 9.14. The lowest BCUT2D eigenvalue weighted by Gasteiger charge is -2.42. The molecular formula is C21H20F5N3O. The Hall–Kier alpha value is -2.84. The predicted octanol–water partition coefficient (Wildman–Crippen LogP) is 4.43. The molecule has 1 aromatic heterocycles. The quantitative estimate of drug-likeness (QED) is 0.582. The van der Waals surface area contributed by atoms with Crippen LogP contribution in [-0.4, -0.2) is 28.2 Å². The fourth-order valence-corrected chi connectivity index (χ4v) is 3.53. The molecule has 30 heavy (non-hydrogen) atoms. The molecule has 0 bridgehead atoms. The number of benzene rings is 1. The summed E-state index contributed by atoms with van der Waals surface area (Å²) in [6.45, 7) is 3.38. The summed E-state index contributed by atoms with van der Waals surface area (Å²) >= 11 is 0. The summed E-state index contributed by atoms with van der Waals surface area (Å²) in [4.78, 5) is 20.0. The van der Waals surface area contributed by atoms with E-state index in [-0.39, 0.29) is 17.7 Å². The van der Waals surface area contributed by atoms with Gasteiger partial charge in [-0.1, -0.05) is 6.07 Å². The fourth-order valence-electron chi connectivity index (χ4n) is 3.53. The SMILES string of the molecule is Cc1cc(F)cnc1C(=O)Cc1ccc(F)c([C@@]2(C)N=C(N)[C@@](C)(F)CC2(F)F)c1. The van der Waals surface area contributed by atoms with Crippen LogP contribution in [0.4, 0.5) is 22.0 Å². The van der Waals surface area contributed by atoms with E-state index in [4.69, 9.17) is 5.73 Å². The average Bonchev–Trinajstić information content (AvgIpc) is 2.61. The highest BCUT2D eigenvalue weighted by molar-refractivity contribution is 5.97. The number of aliphatic imine (C=N–C) groups is 1. The first-order chi connectivity index (χ1) is 13.8. The number of nitrogens with two attached hydrogens (primary N) is 1. The van der Waals surface area contributed by atoms with Crippen molar-refractivity contribution in [1.82, 2.24) is 4.98 Å². The van der Waals surface area contributed by atoms with Crippen molar-refractivity contribution in [3.63, 3.8) is 0 Å². The first kappa shape index (κ1) is 21.9. The molecule has 0 fully saturated rings. The van der Waals surface area contributed by atoms with Crippen LogP contribution in [-0.2, 0) is 12.0 Å². The van der Waals surface area contributed by atoms with Gasteiger partial charge in [-0.15, -0.1) is 0 Å². The molecule has 4 nitrogen and oxygen atoms in total. The lowest BCUT2D eigenvalue weighted by Crippen LogP contribution is -2.56. The predicted molar refractivity (Wildman–Crippen MR) is 101 cm³/mol. The number of nitrogens with zero attached hydrogens (tertiary/aromatic N) is 2. The van der Waals surface area contributed by atoms with E-state index in [1.807, 2.05) is 0 Å². The second-order valence-corrected chi connectivity index (χ2v) is 7.88. The Balaban J connectivity index is 2.01. The van der Waals surface area contributed by atoms with Gasteiger partial charge in [-0.25, -0.2) is 26.9 Å². The molecule has 0 radical (unpaired) electrons. The summed E-state index contributed by atoms with van der Waals surface area (Å²) in [6, 6.07) is 4.45. The Morgan fingerprint density at radius 2 is 1.83 bits per heavy atom. The van der Waals surface area contributed by atoms with Crippen LogP contribution in [0.25, 0.3) is 0 Å². The monoisotopic (exact) mass is 425 g/mol. The number of halogens is 5. The normalized spacial score (nSPS) is 25.7. The Bertz CT molecular complexity index is 1050. The smallest absolute Gasteiger partial charge is 0.280 e. The van der Waals surface area contributed by atoms with Crippen molar-refractivity contribution in [1.29, 1.82) is 0 Å². The standard InChI is InChI=1S/C21H20F5N3O/c1-11-6-13(22)9-28-17(11)16(30)8-12-4-5-15(23)14(7-12)20(3)21(25,26)10-19(2,24)18(27)29-20/h4-7,9H,8,10H2,1-3H3,(H2,27,29)/t19-,20+/m0/s1. The van der Waals surface area contributed by atoms with Crippen molar-refractivity contribution in [2.75, 3.05) is 0 Å². The van der Waals surface area contributed by atoms with Gasteiger partial charge in [0.2, 0.25) is 0 Å². The molecule has 1 aromatic carbocycles. The summed E-state index contributed by atoms with van der Waals surface area (Å²) in [5.41, 5.74) is 0.625. The van der Waals surface area contributed by atoms with Gasteiger partial charge in [0.1, 0.15) is 23.2 Å². The van der Waals surface area contributed by atoms with Crippen LogP contribution in [0.1, 0.15) is 47.4 Å².